The molecule has 30 heavy (non-hydrogen) atoms. The normalized spacial score (nSPS) is 29.2. The third-order valence-electron chi connectivity index (χ3n) is 7.23. The predicted octanol–water partition coefficient (Wildman–Crippen LogP) is 5.61. The van der Waals surface area contributed by atoms with Crippen LogP contribution in [0.4, 0.5) is 5.69 Å². The minimum absolute atomic E-state index is 0.0613. The first-order valence-corrected chi connectivity index (χ1v) is 10.8. The fourth-order valence-electron chi connectivity index (χ4n) is 5.55. The van der Waals surface area contributed by atoms with Gasteiger partial charge in [0, 0.05) is 0 Å². The van der Waals surface area contributed by atoms with Gasteiger partial charge < -0.3 is 4.74 Å². The Morgan fingerprint density at radius 3 is 2.47 bits per heavy atom. The van der Waals surface area contributed by atoms with Crippen LogP contribution in [0.3, 0.4) is 0 Å². The molecule has 1 saturated carbocycles. The van der Waals surface area contributed by atoms with Crippen LogP contribution in [0.15, 0.2) is 54.6 Å². The zero-order valence-electron chi connectivity index (χ0n) is 17.9. The molecule has 2 amide bonds. The fourth-order valence-corrected chi connectivity index (χ4v) is 5.55. The predicted molar refractivity (Wildman–Crippen MR) is 117 cm³/mol. The second-order valence-electron chi connectivity index (χ2n) is 9.42. The number of aryl methyl sites for hydroxylation is 1. The van der Waals surface area contributed by atoms with Crippen LogP contribution in [-0.4, -0.2) is 11.8 Å². The van der Waals surface area contributed by atoms with E-state index in [4.69, 9.17) is 4.74 Å². The highest BCUT2D eigenvalue weighted by Crippen LogP contribution is 2.60. The maximum absolute atomic E-state index is 13.3. The van der Waals surface area contributed by atoms with E-state index in [0.717, 1.165) is 23.3 Å². The van der Waals surface area contributed by atoms with E-state index in [1.165, 1.54) is 4.90 Å². The van der Waals surface area contributed by atoms with Crippen LogP contribution in [0, 0.1) is 30.1 Å². The summed E-state index contributed by atoms with van der Waals surface area (Å²) in [7, 11) is 0. The summed E-state index contributed by atoms with van der Waals surface area (Å²) in [6.07, 6.45) is 5.17. The number of hydrogen-bond donors (Lipinski definition) is 0. The lowest BCUT2D eigenvalue weighted by Gasteiger charge is -2.28. The van der Waals surface area contributed by atoms with Crippen molar-refractivity contribution >= 4 is 17.5 Å². The van der Waals surface area contributed by atoms with E-state index in [9.17, 15) is 9.59 Å². The van der Waals surface area contributed by atoms with Crippen molar-refractivity contribution in [1.82, 2.24) is 0 Å². The molecular formula is C26H27NO3. The van der Waals surface area contributed by atoms with Gasteiger partial charge in [0.15, 0.2) is 0 Å². The number of anilines is 1. The van der Waals surface area contributed by atoms with E-state index < -0.39 is 5.41 Å². The molecule has 2 aromatic carbocycles. The topological polar surface area (TPSA) is 46.6 Å². The molecule has 4 atom stereocenters. The molecule has 3 aliphatic rings. The van der Waals surface area contributed by atoms with E-state index in [1.807, 2.05) is 44.2 Å². The van der Waals surface area contributed by atoms with Crippen LogP contribution in [0.2, 0.25) is 0 Å². The third kappa shape index (κ3) is 2.59. The molecule has 1 saturated heterocycles. The Bertz CT molecular complexity index is 1070. The van der Waals surface area contributed by atoms with Crippen molar-refractivity contribution in [3.63, 3.8) is 0 Å². The van der Waals surface area contributed by atoms with Crippen LogP contribution < -0.4 is 9.64 Å². The highest BCUT2D eigenvalue weighted by molar-refractivity contribution is 6.24. The first kappa shape index (κ1) is 19.1. The molecule has 2 bridgehead atoms. The lowest BCUT2D eigenvalue weighted by atomic mass is 9.71. The maximum atomic E-state index is 13.3. The molecular weight excluding hydrogens is 374 g/mol. The van der Waals surface area contributed by atoms with Gasteiger partial charge in [-0.3, -0.25) is 9.59 Å². The molecule has 4 heteroatoms. The quantitative estimate of drug-likeness (QED) is 0.494. The summed E-state index contributed by atoms with van der Waals surface area (Å²) < 4.78 is 6.16. The summed E-state index contributed by atoms with van der Waals surface area (Å²) >= 11 is 0. The number of imide groups is 1. The summed E-state index contributed by atoms with van der Waals surface area (Å²) in [4.78, 5) is 27.8. The Labute approximate surface area is 177 Å². The first-order chi connectivity index (χ1) is 14.3. The summed E-state index contributed by atoms with van der Waals surface area (Å²) in [5.41, 5.74) is 2.32. The number of rotatable bonds is 4. The summed E-state index contributed by atoms with van der Waals surface area (Å²) in [6.45, 7) is 8.30. The number of benzene rings is 2. The van der Waals surface area contributed by atoms with E-state index in [0.29, 0.717) is 17.4 Å². The molecule has 0 aromatic heterocycles. The van der Waals surface area contributed by atoms with Gasteiger partial charge in [0.2, 0.25) is 11.8 Å². The van der Waals surface area contributed by atoms with Gasteiger partial charge >= 0.3 is 0 Å². The second-order valence-corrected chi connectivity index (χ2v) is 9.42. The molecule has 154 valence electrons. The lowest BCUT2D eigenvalue weighted by Crippen LogP contribution is -2.37. The third-order valence-corrected chi connectivity index (χ3v) is 7.23. The molecule has 0 N–H and O–H groups in total. The summed E-state index contributed by atoms with van der Waals surface area (Å²) in [5, 5.41) is 0. The molecule has 1 heterocycles. The van der Waals surface area contributed by atoms with E-state index in [1.54, 1.807) is 0 Å². The van der Waals surface area contributed by atoms with Crippen LogP contribution >= 0.6 is 0 Å². The van der Waals surface area contributed by atoms with E-state index in [-0.39, 0.29) is 29.6 Å². The van der Waals surface area contributed by atoms with Gasteiger partial charge in [-0.25, -0.2) is 4.90 Å². The van der Waals surface area contributed by atoms with E-state index >= 15 is 0 Å². The number of fused-ring (bicyclic) bond motifs is 5. The number of nitrogens with zero attached hydrogens (tertiary/aromatic N) is 1. The van der Waals surface area contributed by atoms with Crippen LogP contribution in [0.1, 0.15) is 44.2 Å². The number of ether oxygens (including phenoxy) is 1. The van der Waals surface area contributed by atoms with Crippen molar-refractivity contribution in [2.75, 3.05) is 4.90 Å². The molecule has 0 radical (unpaired) electrons. The number of hydrogen-bond acceptors (Lipinski definition) is 3. The minimum Gasteiger partial charge on any atom is -0.457 e. The number of amides is 2. The zero-order chi connectivity index (χ0) is 21.2. The Kier molecular flexibility index (Phi) is 4.18. The molecule has 2 aliphatic carbocycles. The van der Waals surface area contributed by atoms with Gasteiger partial charge in [-0.05, 0) is 79.5 Å². The average molecular weight is 402 g/mol. The summed E-state index contributed by atoms with van der Waals surface area (Å²) in [6, 6.07) is 13.5. The molecule has 0 spiro atoms. The van der Waals surface area contributed by atoms with Gasteiger partial charge in [-0.15, -0.1) is 0 Å². The SMILES string of the molecule is Cc1ccc(C(C)C)c(Oc2ccc(N3C(=O)[C@H]4[C@@H]5C=C[C@@H](C5)[C@@]4(C)C3=O)cc2)c1. The zero-order valence-corrected chi connectivity index (χ0v) is 17.9. The number of carbonyl (C=O) groups excluding carboxylic acids is 2. The number of allylic oxidation sites excluding steroid dienone is 2. The molecule has 4 nitrogen and oxygen atoms in total. The molecule has 2 fully saturated rings. The van der Waals surface area contributed by atoms with Crippen molar-refractivity contribution < 1.29 is 14.3 Å². The lowest BCUT2D eigenvalue weighted by molar-refractivity contribution is -0.127. The first-order valence-electron chi connectivity index (χ1n) is 10.8. The standard InChI is InChI=1S/C26H27NO3/c1-15(2)21-12-5-16(3)13-22(21)30-20-10-8-19(9-11-20)27-24(28)23-17-6-7-18(14-17)26(23,4)25(27)29/h5-13,15,17-18,23H,14H2,1-4H3/t17-,18+,23-,26-/m1/s1. The Hall–Kier alpha value is -2.88. The highest BCUT2D eigenvalue weighted by Gasteiger charge is 2.67. The Morgan fingerprint density at radius 2 is 1.80 bits per heavy atom. The van der Waals surface area contributed by atoms with Crippen molar-refractivity contribution in [3.8, 4) is 11.5 Å². The van der Waals surface area contributed by atoms with Crippen molar-refractivity contribution in [2.24, 2.45) is 23.2 Å². The molecule has 2 aromatic rings. The van der Waals surface area contributed by atoms with Gasteiger partial charge in [-0.1, -0.05) is 38.1 Å². The van der Waals surface area contributed by atoms with Crippen LogP contribution in [-0.2, 0) is 9.59 Å². The van der Waals surface area contributed by atoms with E-state index in [2.05, 4.69) is 38.1 Å². The molecule has 5 rings (SSSR count). The van der Waals surface area contributed by atoms with Crippen molar-refractivity contribution in [3.05, 3.63) is 65.7 Å². The molecule has 0 unspecified atom stereocenters. The minimum atomic E-state index is -0.598. The highest BCUT2D eigenvalue weighted by atomic mass is 16.5. The average Bonchev–Trinajstić information content (AvgIpc) is 3.34. The fraction of sp³-hybridized carbons (Fsp3) is 0.385. The number of carbonyl (C=O) groups is 2. The second kappa shape index (κ2) is 6.56. The summed E-state index contributed by atoms with van der Waals surface area (Å²) in [5.74, 6) is 1.90. The van der Waals surface area contributed by atoms with Crippen LogP contribution in [0.25, 0.3) is 0 Å². The van der Waals surface area contributed by atoms with Crippen LogP contribution in [0.5, 0.6) is 11.5 Å². The maximum Gasteiger partial charge on any atom is 0.241 e. The van der Waals surface area contributed by atoms with Crippen molar-refractivity contribution in [2.45, 2.75) is 40.0 Å². The van der Waals surface area contributed by atoms with Gasteiger partial charge in [0.25, 0.3) is 0 Å². The smallest absolute Gasteiger partial charge is 0.241 e. The largest absolute Gasteiger partial charge is 0.457 e. The van der Waals surface area contributed by atoms with Gasteiger partial charge in [-0.2, -0.15) is 0 Å². The monoisotopic (exact) mass is 401 g/mol. The van der Waals surface area contributed by atoms with Crippen molar-refractivity contribution in [1.29, 1.82) is 0 Å². The van der Waals surface area contributed by atoms with Gasteiger partial charge in [0.1, 0.15) is 11.5 Å². The molecule has 1 aliphatic heterocycles. The Morgan fingerprint density at radius 1 is 1.07 bits per heavy atom. The Balaban J connectivity index is 1.41. The van der Waals surface area contributed by atoms with Gasteiger partial charge in [0.05, 0.1) is 17.0 Å².